The smallest absolute Gasteiger partial charge is 0.128 e. The van der Waals surface area contributed by atoms with Crippen LogP contribution in [-0.4, -0.2) is 40.7 Å². The van der Waals surface area contributed by atoms with Crippen molar-refractivity contribution in [1.82, 2.24) is 0 Å². The first-order chi connectivity index (χ1) is 22.7. The number of aliphatic carboxylic acids is 1. The van der Waals surface area contributed by atoms with Crippen LogP contribution in [0.5, 0.6) is 11.5 Å². The number of carboxylic acids is 1. The van der Waals surface area contributed by atoms with Crippen LogP contribution in [0.2, 0.25) is 0 Å². The molecule has 0 heterocycles. The molecule has 4 aromatic rings. The molecular weight excluding hydrogens is 651 g/mol. The topological polar surface area (TPSA) is 105 Å². The van der Waals surface area contributed by atoms with E-state index in [2.05, 4.69) is 77.9 Å². The average Bonchev–Trinajstić information content (AvgIpc) is 3.06. The first kappa shape index (κ1) is 39.2. The number of phenols is 2. The number of aliphatic imine (C=N–C) groups is 2. The molecule has 0 aromatic heterocycles. The Morgan fingerprint density at radius 2 is 1.02 bits per heavy atom. The molecule has 5 rings (SSSR count). The van der Waals surface area contributed by atoms with Gasteiger partial charge in [0.25, 0.3) is 0 Å². The molecule has 0 aliphatic heterocycles. The van der Waals surface area contributed by atoms with Crippen molar-refractivity contribution in [3.63, 3.8) is 0 Å². The summed E-state index contributed by atoms with van der Waals surface area (Å²) in [7, 11) is 0. The number of rotatable bonds is 8. The fourth-order valence-corrected chi connectivity index (χ4v) is 6.58. The van der Waals surface area contributed by atoms with E-state index in [-0.39, 0.29) is 51.5 Å². The van der Waals surface area contributed by atoms with Crippen LogP contribution in [0, 0.1) is 13.8 Å². The van der Waals surface area contributed by atoms with Crippen molar-refractivity contribution in [3.8, 4) is 11.5 Å². The summed E-state index contributed by atoms with van der Waals surface area (Å²) < 4.78 is 0. The Hall–Kier alpha value is -4.19. The molecule has 1 fully saturated rings. The Bertz CT molecular complexity index is 1640. The third kappa shape index (κ3) is 9.71. The van der Waals surface area contributed by atoms with Crippen molar-refractivity contribution in [1.29, 1.82) is 0 Å². The monoisotopic (exact) mass is 700 g/mol. The SMILES string of the molecule is CC(=O)[O-].Cc1cc(C=NC2CCCCC2N=Cc2cc(C)cc(C(C)(C)c3ccccc3)c2O)c(O)c(C(C)(C)c2ccccc2)c1.[Mn]. The Kier molecular flexibility index (Phi) is 13.6. The fraction of sp³-hybridized carbons (Fsp3) is 0.357. The van der Waals surface area contributed by atoms with E-state index in [0.29, 0.717) is 0 Å². The minimum atomic E-state index is -1.08. The van der Waals surface area contributed by atoms with Crippen molar-refractivity contribution in [2.45, 2.75) is 97.1 Å². The number of aromatic hydroxyl groups is 2. The molecule has 0 amide bonds. The number of nitrogens with zero attached hydrogens (tertiary/aromatic N) is 2. The molecule has 7 heteroatoms. The minimum Gasteiger partial charge on any atom is -0.550 e. The zero-order valence-corrected chi connectivity index (χ0v) is 30.9. The van der Waals surface area contributed by atoms with Crippen LogP contribution in [0.1, 0.15) is 105 Å². The van der Waals surface area contributed by atoms with Gasteiger partial charge in [0.05, 0.1) is 12.1 Å². The molecule has 0 saturated heterocycles. The second kappa shape index (κ2) is 17.0. The maximum atomic E-state index is 11.4. The van der Waals surface area contributed by atoms with E-state index in [0.717, 1.165) is 77.1 Å². The molecular formula is C42H49MnN2O4-. The van der Waals surface area contributed by atoms with Gasteiger partial charge in [-0.1, -0.05) is 113 Å². The molecule has 49 heavy (non-hydrogen) atoms. The maximum Gasteiger partial charge on any atom is 0.128 e. The molecule has 1 aliphatic carbocycles. The summed E-state index contributed by atoms with van der Waals surface area (Å²) in [4.78, 5) is 18.9. The Morgan fingerprint density at radius 3 is 1.35 bits per heavy atom. The number of aryl methyl sites for hydroxylation is 2. The van der Waals surface area contributed by atoms with Crippen LogP contribution in [0.4, 0.5) is 0 Å². The van der Waals surface area contributed by atoms with E-state index in [1.54, 1.807) is 0 Å². The van der Waals surface area contributed by atoms with E-state index in [4.69, 9.17) is 19.9 Å². The number of benzene rings is 4. The third-order valence-electron chi connectivity index (χ3n) is 9.41. The summed E-state index contributed by atoms with van der Waals surface area (Å²) in [6.07, 6.45) is 7.78. The quantitative estimate of drug-likeness (QED) is 0.144. The van der Waals surface area contributed by atoms with E-state index >= 15 is 0 Å². The Balaban J connectivity index is 0.00000123. The molecule has 0 spiro atoms. The zero-order valence-electron chi connectivity index (χ0n) is 29.7. The summed E-state index contributed by atoms with van der Waals surface area (Å²) >= 11 is 0. The standard InChI is InChI=1S/C40H46N2O2.C2H4O2.Mn/c1-27-21-29(37(43)33(23-27)39(3,4)31-15-9-7-10-16-31)25-41-35-19-13-14-20-36(35)42-26-30-22-28(2)24-34(38(30)44)40(5,6)32-17-11-8-12-18-32;1-2(3)4;/h7-12,15-18,21-26,35-36,43-44H,13-14,19-20H2,1-6H3;1H3,(H,3,4);/p-1. The van der Waals surface area contributed by atoms with Crippen LogP contribution < -0.4 is 5.11 Å². The summed E-state index contributed by atoms with van der Waals surface area (Å²) in [5.41, 5.74) is 7.03. The minimum absolute atomic E-state index is 0. The van der Waals surface area contributed by atoms with E-state index in [9.17, 15) is 10.2 Å². The van der Waals surface area contributed by atoms with Gasteiger partial charge in [-0.2, -0.15) is 0 Å². The number of carboxylic acid groups (broad SMARTS) is 1. The molecule has 4 aromatic carbocycles. The number of carbonyl (C=O) groups is 1. The summed E-state index contributed by atoms with van der Waals surface area (Å²) in [5, 5.41) is 31.8. The molecule has 2 N–H and O–H groups in total. The summed E-state index contributed by atoms with van der Waals surface area (Å²) in [5.74, 6) is -0.524. The second-order valence-corrected chi connectivity index (χ2v) is 13.9. The largest absolute Gasteiger partial charge is 0.550 e. The van der Waals surface area contributed by atoms with Crippen LogP contribution in [0.15, 0.2) is 94.9 Å². The average molecular weight is 701 g/mol. The van der Waals surface area contributed by atoms with Crippen LogP contribution >= 0.6 is 0 Å². The van der Waals surface area contributed by atoms with Crippen LogP contribution in [-0.2, 0) is 32.7 Å². The number of hydrogen-bond acceptors (Lipinski definition) is 6. The van der Waals surface area contributed by atoms with Crippen LogP contribution in [0.25, 0.3) is 0 Å². The first-order valence-electron chi connectivity index (χ1n) is 16.7. The van der Waals surface area contributed by atoms with Crippen molar-refractivity contribution in [2.24, 2.45) is 9.98 Å². The second-order valence-electron chi connectivity index (χ2n) is 13.9. The maximum absolute atomic E-state index is 11.4. The van der Waals surface area contributed by atoms with Gasteiger partial charge >= 0.3 is 0 Å². The molecule has 1 saturated carbocycles. The molecule has 6 nitrogen and oxygen atoms in total. The zero-order chi connectivity index (χ0) is 35.1. The fourth-order valence-electron chi connectivity index (χ4n) is 6.58. The Labute approximate surface area is 302 Å². The van der Waals surface area contributed by atoms with Gasteiger partial charge in [-0.15, -0.1) is 0 Å². The van der Waals surface area contributed by atoms with Gasteiger partial charge in [0.15, 0.2) is 0 Å². The predicted octanol–water partition coefficient (Wildman–Crippen LogP) is 7.97. The van der Waals surface area contributed by atoms with Gasteiger partial charge in [-0.05, 0) is 68.0 Å². The molecule has 1 radical (unpaired) electrons. The van der Waals surface area contributed by atoms with Gasteiger partial charge in [0, 0.05) is 68.6 Å². The molecule has 259 valence electrons. The predicted molar refractivity (Wildman–Crippen MR) is 195 cm³/mol. The molecule has 2 atom stereocenters. The van der Waals surface area contributed by atoms with Crippen molar-refractivity contribution < 1.29 is 37.2 Å². The molecule has 1 aliphatic rings. The first-order valence-corrected chi connectivity index (χ1v) is 16.7. The number of hydrogen-bond donors (Lipinski definition) is 2. The van der Waals surface area contributed by atoms with E-state index < -0.39 is 5.97 Å². The number of carbonyl (C=O) groups excluding carboxylic acids is 1. The third-order valence-corrected chi connectivity index (χ3v) is 9.41. The molecule has 0 bridgehead atoms. The van der Waals surface area contributed by atoms with Crippen LogP contribution in [0.3, 0.4) is 0 Å². The Morgan fingerprint density at radius 1 is 0.694 bits per heavy atom. The van der Waals surface area contributed by atoms with Crippen molar-refractivity contribution >= 4 is 18.4 Å². The van der Waals surface area contributed by atoms with Gasteiger partial charge in [0.2, 0.25) is 0 Å². The number of phenolic OH excluding ortho intramolecular Hbond substituents is 2. The van der Waals surface area contributed by atoms with E-state index in [1.807, 2.05) is 61.0 Å². The van der Waals surface area contributed by atoms with E-state index in [1.165, 1.54) is 0 Å². The van der Waals surface area contributed by atoms with Gasteiger partial charge in [-0.3, -0.25) is 9.98 Å². The van der Waals surface area contributed by atoms with Gasteiger partial charge in [-0.25, -0.2) is 0 Å². The van der Waals surface area contributed by atoms with Crippen molar-refractivity contribution in [3.05, 3.63) is 129 Å². The summed E-state index contributed by atoms with van der Waals surface area (Å²) in [6, 6.07) is 28.8. The molecule has 2 unspecified atom stereocenters. The normalized spacial score (nSPS) is 16.6. The van der Waals surface area contributed by atoms with Gasteiger partial charge < -0.3 is 20.1 Å². The van der Waals surface area contributed by atoms with Crippen molar-refractivity contribution in [2.75, 3.05) is 0 Å². The van der Waals surface area contributed by atoms with Gasteiger partial charge in [0.1, 0.15) is 11.5 Å². The summed E-state index contributed by atoms with van der Waals surface area (Å²) in [6.45, 7) is 13.7.